The Morgan fingerprint density at radius 1 is 1.12 bits per heavy atom. The summed E-state index contributed by atoms with van der Waals surface area (Å²) < 4.78 is 31.9. The molecule has 1 aliphatic heterocycles. The second-order valence-corrected chi connectivity index (χ2v) is 10.9. The van der Waals surface area contributed by atoms with Crippen LogP contribution >= 0.6 is 11.6 Å². The maximum Gasteiger partial charge on any atom is 0.346 e. The number of rotatable bonds is 9. The van der Waals surface area contributed by atoms with Gasteiger partial charge in [-0.05, 0) is 29.2 Å². The van der Waals surface area contributed by atoms with Crippen molar-refractivity contribution in [3.8, 4) is 5.75 Å². The van der Waals surface area contributed by atoms with Gasteiger partial charge in [-0.15, -0.1) is 0 Å². The van der Waals surface area contributed by atoms with Crippen LogP contribution < -0.4 is 10.2 Å². The van der Waals surface area contributed by atoms with E-state index in [9.17, 15) is 44.3 Å². The van der Waals surface area contributed by atoms with Gasteiger partial charge in [-0.3, -0.25) is 4.79 Å². The summed E-state index contributed by atoms with van der Waals surface area (Å²) in [5.41, 5.74) is -0.538. The number of ether oxygens (including phenoxy) is 3. The van der Waals surface area contributed by atoms with Crippen molar-refractivity contribution < 1.29 is 53.7 Å². The first-order valence-electron chi connectivity index (χ1n) is 13.2. The van der Waals surface area contributed by atoms with Crippen molar-refractivity contribution in [2.24, 2.45) is 5.92 Å². The van der Waals surface area contributed by atoms with Gasteiger partial charge in [0, 0.05) is 24.1 Å². The number of benzene rings is 2. The number of aliphatic hydroxyl groups is 4. The average molecular weight is 624 g/mol. The van der Waals surface area contributed by atoms with Gasteiger partial charge in [0.05, 0.1) is 30.3 Å². The van der Waals surface area contributed by atoms with Crippen molar-refractivity contribution in [1.82, 2.24) is 4.57 Å². The monoisotopic (exact) mass is 623 g/mol. The van der Waals surface area contributed by atoms with Gasteiger partial charge in [-0.25, -0.2) is 14.0 Å². The predicted octanol–water partition coefficient (Wildman–Crippen LogP) is 1.63. The van der Waals surface area contributed by atoms with Crippen LogP contribution in [0, 0.1) is 11.7 Å². The second-order valence-electron chi connectivity index (χ2n) is 10.5. The number of carbonyl (C=O) groups excluding carboxylic acids is 1. The molecule has 1 aromatic heterocycles. The van der Waals surface area contributed by atoms with Gasteiger partial charge >= 0.3 is 11.9 Å². The summed E-state index contributed by atoms with van der Waals surface area (Å²) >= 11 is 5.94. The lowest BCUT2D eigenvalue weighted by Crippen LogP contribution is -2.60. The number of halogens is 2. The molecule has 0 radical (unpaired) electrons. The highest BCUT2D eigenvalue weighted by atomic mass is 35.5. The van der Waals surface area contributed by atoms with Crippen LogP contribution in [0.3, 0.4) is 0 Å². The summed E-state index contributed by atoms with van der Waals surface area (Å²) in [5.74, 6) is -3.59. The third-order valence-electron chi connectivity index (χ3n) is 7.42. The van der Waals surface area contributed by atoms with Crippen molar-refractivity contribution >= 4 is 34.4 Å². The van der Waals surface area contributed by atoms with Crippen LogP contribution in [0.25, 0.3) is 10.9 Å². The largest absolute Gasteiger partial charge is 0.496 e. The van der Waals surface area contributed by atoms with E-state index in [1.165, 1.54) is 35.9 Å². The molecule has 5 N–H and O–H groups in total. The standard InChI is InChI=1S/C29H31ClFNO11/c1-12(2)19(11-33)32-10-16(28(40)43-29-25(37)23(35)24(36)26(42-29)27(38)39)22(34)15-8-14(20(41-3)9-18(15)32)7-13-5-4-6-17(30)21(13)31/h4-6,8-10,12,19,23-26,29,33,35-37H,7,11H2,1-3H3,(H,38,39)/t19-,23+,24+,25-,26+,29+/m1/s1. The minimum Gasteiger partial charge on any atom is -0.496 e. The molecule has 3 aromatic rings. The lowest BCUT2D eigenvalue weighted by atomic mass is 9.98. The number of carboxylic acids is 1. The highest BCUT2D eigenvalue weighted by molar-refractivity contribution is 6.30. The fraction of sp³-hybridized carbons (Fsp3) is 0.414. The predicted molar refractivity (Wildman–Crippen MR) is 150 cm³/mol. The zero-order chi connectivity index (χ0) is 31.7. The molecule has 0 aliphatic carbocycles. The molecule has 43 heavy (non-hydrogen) atoms. The average Bonchev–Trinajstić information content (AvgIpc) is 2.96. The summed E-state index contributed by atoms with van der Waals surface area (Å²) in [5, 5.41) is 49.7. The second kappa shape index (κ2) is 13.0. The van der Waals surface area contributed by atoms with E-state index >= 15 is 0 Å². The Kier molecular flexibility index (Phi) is 9.74. The Morgan fingerprint density at radius 2 is 1.81 bits per heavy atom. The highest BCUT2D eigenvalue weighted by Crippen LogP contribution is 2.32. The number of methoxy groups -OCH3 is 1. The molecule has 1 aliphatic rings. The highest BCUT2D eigenvalue weighted by Gasteiger charge is 2.48. The summed E-state index contributed by atoms with van der Waals surface area (Å²) in [6.45, 7) is 3.22. The van der Waals surface area contributed by atoms with Crippen LogP contribution in [-0.2, 0) is 20.7 Å². The quantitative estimate of drug-likeness (QED) is 0.218. The first kappa shape index (κ1) is 32.3. The molecule has 12 nitrogen and oxygen atoms in total. The van der Waals surface area contributed by atoms with Gasteiger partial charge in [0.2, 0.25) is 11.7 Å². The number of esters is 1. The first-order chi connectivity index (χ1) is 20.3. The summed E-state index contributed by atoms with van der Waals surface area (Å²) in [7, 11) is 1.39. The Bertz CT molecular complexity index is 1590. The fourth-order valence-electron chi connectivity index (χ4n) is 5.00. The number of aromatic nitrogens is 1. The Balaban J connectivity index is 1.86. The lowest BCUT2D eigenvalue weighted by molar-refractivity contribution is -0.278. The van der Waals surface area contributed by atoms with Crippen LogP contribution in [-0.4, -0.2) is 86.5 Å². The van der Waals surface area contributed by atoms with Crippen LogP contribution in [0.1, 0.15) is 41.4 Å². The third-order valence-corrected chi connectivity index (χ3v) is 7.71. The molecule has 2 aromatic carbocycles. The van der Waals surface area contributed by atoms with Gasteiger partial charge in [0.15, 0.2) is 6.10 Å². The van der Waals surface area contributed by atoms with E-state index in [-0.39, 0.29) is 33.8 Å². The zero-order valence-corrected chi connectivity index (χ0v) is 24.1. The van der Waals surface area contributed by atoms with E-state index in [1.54, 1.807) is 19.9 Å². The Hall–Kier alpha value is -3.59. The smallest absolute Gasteiger partial charge is 0.346 e. The van der Waals surface area contributed by atoms with E-state index in [1.807, 2.05) is 0 Å². The van der Waals surface area contributed by atoms with Crippen LogP contribution in [0.2, 0.25) is 5.02 Å². The number of carboxylic acid groups (broad SMARTS) is 1. The molecule has 14 heteroatoms. The number of pyridine rings is 1. The number of aliphatic carboxylic acids is 1. The molecule has 6 atom stereocenters. The molecular formula is C29H31ClFNO11. The number of nitrogens with zero attached hydrogens (tertiary/aromatic N) is 1. The van der Waals surface area contributed by atoms with Gasteiger partial charge in [0.1, 0.15) is 35.4 Å². The maximum absolute atomic E-state index is 14.7. The van der Waals surface area contributed by atoms with Crippen LogP contribution in [0.15, 0.2) is 41.3 Å². The molecule has 0 spiro atoms. The molecule has 0 bridgehead atoms. The van der Waals surface area contributed by atoms with Crippen molar-refractivity contribution in [2.45, 2.75) is 57.0 Å². The normalized spacial score (nSPS) is 22.9. The van der Waals surface area contributed by atoms with Crippen molar-refractivity contribution in [3.63, 3.8) is 0 Å². The molecule has 232 valence electrons. The molecule has 1 saturated heterocycles. The van der Waals surface area contributed by atoms with Gasteiger partial charge in [0.25, 0.3) is 0 Å². The fourth-order valence-corrected chi connectivity index (χ4v) is 5.19. The van der Waals surface area contributed by atoms with E-state index in [0.29, 0.717) is 11.3 Å². The molecule has 0 amide bonds. The molecule has 0 saturated carbocycles. The summed E-state index contributed by atoms with van der Waals surface area (Å²) in [6, 6.07) is 6.77. The molecule has 2 heterocycles. The van der Waals surface area contributed by atoms with Gasteiger partial charge in [-0.1, -0.05) is 37.6 Å². The SMILES string of the molecule is COc1cc2c(cc1Cc1cccc(Cl)c1F)c(=O)c(C(=O)O[C@@H]1O[C@H](C(=O)O)[C@@H](O)[C@H](O)[C@H]1O)cn2[C@H](CO)C(C)C. The van der Waals surface area contributed by atoms with E-state index < -0.39 is 72.1 Å². The topological polar surface area (TPSA) is 185 Å². The number of aliphatic hydroxyl groups excluding tert-OH is 4. The zero-order valence-electron chi connectivity index (χ0n) is 23.3. The number of carbonyl (C=O) groups is 2. The number of hydrogen-bond acceptors (Lipinski definition) is 10. The Morgan fingerprint density at radius 3 is 2.42 bits per heavy atom. The summed E-state index contributed by atoms with van der Waals surface area (Å²) in [4.78, 5) is 38.5. The van der Waals surface area contributed by atoms with E-state index in [2.05, 4.69) is 0 Å². The van der Waals surface area contributed by atoms with E-state index in [0.717, 1.165) is 6.20 Å². The van der Waals surface area contributed by atoms with Crippen molar-refractivity contribution in [2.75, 3.05) is 13.7 Å². The van der Waals surface area contributed by atoms with E-state index in [4.69, 9.17) is 25.8 Å². The Labute approximate surface area is 249 Å². The minimum atomic E-state index is -2.05. The summed E-state index contributed by atoms with van der Waals surface area (Å²) in [6.07, 6.45) is -9.07. The van der Waals surface area contributed by atoms with Crippen LogP contribution in [0.5, 0.6) is 5.75 Å². The van der Waals surface area contributed by atoms with Crippen molar-refractivity contribution in [1.29, 1.82) is 0 Å². The van der Waals surface area contributed by atoms with Gasteiger partial charge in [-0.2, -0.15) is 0 Å². The lowest BCUT2D eigenvalue weighted by Gasteiger charge is -2.37. The first-order valence-corrected chi connectivity index (χ1v) is 13.6. The molecular weight excluding hydrogens is 593 g/mol. The van der Waals surface area contributed by atoms with Gasteiger partial charge < -0.3 is 44.3 Å². The molecule has 4 rings (SSSR count). The minimum absolute atomic E-state index is 0.0178. The molecule has 1 fully saturated rings. The third kappa shape index (κ3) is 6.23. The molecule has 0 unspecified atom stereocenters. The maximum atomic E-state index is 14.7. The number of fused-ring (bicyclic) bond motifs is 1. The number of hydrogen-bond donors (Lipinski definition) is 5. The van der Waals surface area contributed by atoms with Crippen molar-refractivity contribution in [3.05, 3.63) is 74.3 Å². The van der Waals surface area contributed by atoms with Crippen LogP contribution in [0.4, 0.5) is 4.39 Å².